The van der Waals surface area contributed by atoms with Gasteiger partial charge in [-0.1, -0.05) is 23.9 Å². The molecule has 0 bridgehead atoms. The van der Waals surface area contributed by atoms with Crippen LogP contribution < -0.4 is 14.9 Å². The number of carbonyl (C=O) groups excluding carboxylic acids is 1. The number of hydrogen-bond donors (Lipinski definition) is 2. The van der Waals surface area contributed by atoms with Crippen molar-refractivity contribution in [3.63, 3.8) is 0 Å². The fourth-order valence-corrected chi connectivity index (χ4v) is 3.32. The van der Waals surface area contributed by atoms with E-state index in [9.17, 15) is 9.90 Å². The van der Waals surface area contributed by atoms with Crippen LogP contribution in [-0.4, -0.2) is 47.4 Å². The summed E-state index contributed by atoms with van der Waals surface area (Å²) in [7, 11) is 3.10. The van der Waals surface area contributed by atoms with Crippen LogP contribution >= 0.6 is 11.8 Å². The Bertz CT molecular complexity index is 1050. The number of hydrogen-bond acceptors (Lipinski definition) is 9. The van der Waals surface area contributed by atoms with Crippen LogP contribution in [0.3, 0.4) is 0 Å². The van der Waals surface area contributed by atoms with Crippen LogP contribution in [0.2, 0.25) is 0 Å². The average Bonchev–Trinajstić information content (AvgIpc) is 3.27. The van der Waals surface area contributed by atoms with Gasteiger partial charge < -0.3 is 19.0 Å². The third-order valence-electron chi connectivity index (χ3n) is 4.40. The number of thioether (sulfide) groups is 1. The van der Waals surface area contributed by atoms with Crippen molar-refractivity contribution >= 4 is 23.9 Å². The molecule has 0 atom stereocenters. The van der Waals surface area contributed by atoms with E-state index in [2.05, 4.69) is 20.7 Å². The highest BCUT2D eigenvalue weighted by atomic mass is 32.2. The Hall–Kier alpha value is -3.53. The lowest BCUT2D eigenvalue weighted by Gasteiger charge is -2.03. The number of hydrazone groups is 1. The summed E-state index contributed by atoms with van der Waals surface area (Å²) in [5, 5.41) is 21.8. The Morgan fingerprint density at radius 1 is 1.16 bits per heavy atom. The molecule has 0 saturated carbocycles. The van der Waals surface area contributed by atoms with Crippen molar-refractivity contribution in [3.8, 4) is 17.2 Å². The molecule has 0 aliphatic rings. The maximum absolute atomic E-state index is 12.0. The Balaban J connectivity index is 1.38. The molecule has 2 N–H and O–H groups in total. The maximum Gasteiger partial charge on any atom is 0.277 e. The molecule has 1 aromatic heterocycles. The molecule has 9 nitrogen and oxygen atoms in total. The lowest BCUT2D eigenvalue weighted by molar-refractivity contribution is -0.118. The number of amides is 1. The van der Waals surface area contributed by atoms with Crippen molar-refractivity contribution < 1.29 is 23.8 Å². The molecule has 0 unspecified atom stereocenters. The van der Waals surface area contributed by atoms with Crippen molar-refractivity contribution in [2.75, 3.05) is 20.0 Å². The summed E-state index contributed by atoms with van der Waals surface area (Å²) in [6.45, 7) is 0. The van der Waals surface area contributed by atoms with Crippen LogP contribution in [-0.2, 0) is 17.6 Å². The smallest absolute Gasteiger partial charge is 0.277 e. The molecule has 0 spiro atoms. The van der Waals surface area contributed by atoms with E-state index in [-0.39, 0.29) is 17.4 Å². The van der Waals surface area contributed by atoms with Gasteiger partial charge in [-0.05, 0) is 54.3 Å². The number of methoxy groups -OCH3 is 2. The molecule has 0 radical (unpaired) electrons. The molecule has 1 heterocycles. The molecule has 0 saturated heterocycles. The van der Waals surface area contributed by atoms with Crippen molar-refractivity contribution in [2.24, 2.45) is 5.10 Å². The number of phenols is 1. The van der Waals surface area contributed by atoms with Gasteiger partial charge in [-0.15, -0.1) is 10.2 Å². The van der Waals surface area contributed by atoms with E-state index in [1.54, 1.807) is 19.2 Å². The summed E-state index contributed by atoms with van der Waals surface area (Å²) in [6, 6.07) is 12.7. The molecule has 0 fully saturated rings. The highest BCUT2D eigenvalue weighted by Gasteiger charge is 2.09. The zero-order chi connectivity index (χ0) is 22.8. The van der Waals surface area contributed by atoms with Gasteiger partial charge in [0.1, 0.15) is 5.75 Å². The first-order valence-electron chi connectivity index (χ1n) is 9.84. The van der Waals surface area contributed by atoms with E-state index >= 15 is 0 Å². The van der Waals surface area contributed by atoms with Crippen LogP contribution in [0.1, 0.15) is 23.4 Å². The second kappa shape index (κ2) is 11.8. The van der Waals surface area contributed by atoms with Gasteiger partial charge in [0.15, 0.2) is 11.5 Å². The summed E-state index contributed by atoms with van der Waals surface area (Å²) in [5.41, 5.74) is 4.31. The van der Waals surface area contributed by atoms with Crippen molar-refractivity contribution in [3.05, 3.63) is 59.5 Å². The van der Waals surface area contributed by atoms with Crippen molar-refractivity contribution in [1.82, 2.24) is 15.6 Å². The summed E-state index contributed by atoms with van der Waals surface area (Å²) in [4.78, 5) is 12.0. The minimum absolute atomic E-state index is 0.0322. The quantitative estimate of drug-likeness (QED) is 0.256. The molecule has 10 heteroatoms. The molecule has 3 aromatic rings. The standard InChI is InChI=1S/C22H24N4O5S/c1-29-17-9-6-15(7-10-17)4-3-5-21-25-26-22(31-21)32-14-20(28)24-23-13-16-8-11-18(27)19(12-16)30-2/h6-13,27H,3-5,14H2,1-2H3,(H,24,28). The Morgan fingerprint density at radius 3 is 2.72 bits per heavy atom. The van der Waals surface area contributed by atoms with E-state index < -0.39 is 0 Å². The monoisotopic (exact) mass is 456 g/mol. The number of carbonyl (C=O) groups is 1. The van der Waals surface area contributed by atoms with Gasteiger partial charge in [0.2, 0.25) is 5.89 Å². The second-order valence-corrected chi connectivity index (χ2v) is 7.60. The van der Waals surface area contributed by atoms with Crippen LogP contribution in [0.15, 0.2) is 57.2 Å². The predicted octanol–water partition coefficient (Wildman–Crippen LogP) is 3.21. The lowest BCUT2D eigenvalue weighted by Crippen LogP contribution is -2.19. The van der Waals surface area contributed by atoms with Crippen molar-refractivity contribution in [2.45, 2.75) is 24.5 Å². The summed E-state index contributed by atoms with van der Waals surface area (Å²) in [6.07, 6.45) is 3.88. The fraction of sp³-hybridized carbons (Fsp3) is 0.273. The number of nitrogens with one attached hydrogen (secondary N) is 1. The molecule has 168 valence electrons. The number of aryl methyl sites for hydroxylation is 2. The number of ether oxygens (including phenoxy) is 2. The molecule has 3 rings (SSSR count). The van der Waals surface area contributed by atoms with Gasteiger partial charge in [-0.25, -0.2) is 5.43 Å². The van der Waals surface area contributed by atoms with Gasteiger partial charge >= 0.3 is 0 Å². The van der Waals surface area contributed by atoms with Gasteiger partial charge in [0.05, 0.1) is 26.2 Å². The first-order valence-corrected chi connectivity index (χ1v) is 10.8. The zero-order valence-electron chi connectivity index (χ0n) is 17.8. The minimum atomic E-state index is -0.309. The van der Waals surface area contributed by atoms with Gasteiger partial charge in [-0.3, -0.25) is 4.79 Å². The number of rotatable bonds is 11. The molecular weight excluding hydrogens is 432 g/mol. The topological polar surface area (TPSA) is 119 Å². The molecule has 0 aliphatic carbocycles. The van der Waals surface area contributed by atoms with E-state index in [0.717, 1.165) is 30.4 Å². The number of nitrogens with zero attached hydrogens (tertiary/aromatic N) is 3. The molecule has 32 heavy (non-hydrogen) atoms. The summed E-state index contributed by atoms with van der Waals surface area (Å²) >= 11 is 1.14. The van der Waals surface area contributed by atoms with Crippen LogP contribution in [0, 0.1) is 0 Å². The van der Waals surface area contributed by atoms with E-state index in [1.165, 1.54) is 25.0 Å². The molecule has 2 aromatic carbocycles. The van der Waals surface area contributed by atoms with Crippen LogP contribution in [0.5, 0.6) is 17.2 Å². The van der Waals surface area contributed by atoms with Gasteiger partial charge in [-0.2, -0.15) is 5.10 Å². The molecular formula is C22H24N4O5S. The van der Waals surface area contributed by atoms with E-state index in [1.807, 2.05) is 24.3 Å². The lowest BCUT2D eigenvalue weighted by atomic mass is 10.1. The van der Waals surface area contributed by atoms with Gasteiger partial charge in [0.25, 0.3) is 11.1 Å². The zero-order valence-corrected chi connectivity index (χ0v) is 18.6. The Labute approximate surface area is 189 Å². The largest absolute Gasteiger partial charge is 0.504 e. The molecule has 1 amide bonds. The van der Waals surface area contributed by atoms with Crippen LogP contribution in [0.4, 0.5) is 0 Å². The third-order valence-corrected chi connectivity index (χ3v) is 5.22. The van der Waals surface area contributed by atoms with E-state index in [0.29, 0.717) is 28.8 Å². The van der Waals surface area contributed by atoms with Crippen LogP contribution in [0.25, 0.3) is 0 Å². The number of phenolic OH excluding ortho intramolecular Hbond substituents is 1. The molecule has 0 aliphatic heterocycles. The summed E-state index contributed by atoms with van der Waals surface area (Å²) in [5.74, 6) is 1.51. The SMILES string of the molecule is COc1ccc(CCCc2nnc(SCC(=O)NN=Cc3ccc(O)c(OC)c3)o2)cc1. The maximum atomic E-state index is 12.0. The number of benzene rings is 2. The normalized spacial score (nSPS) is 10.9. The fourth-order valence-electron chi connectivity index (χ4n) is 2.75. The van der Waals surface area contributed by atoms with E-state index in [4.69, 9.17) is 13.9 Å². The van der Waals surface area contributed by atoms with Gasteiger partial charge in [0, 0.05) is 6.42 Å². The minimum Gasteiger partial charge on any atom is -0.504 e. The number of aromatic hydroxyl groups is 1. The third kappa shape index (κ3) is 7.02. The second-order valence-electron chi connectivity index (χ2n) is 6.68. The summed E-state index contributed by atoms with van der Waals surface area (Å²) < 4.78 is 15.8. The average molecular weight is 457 g/mol. The first kappa shape index (κ1) is 23.1. The highest BCUT2D eigenvalue weighted by molar-refractivity contribution is 7.99. The predicted molar refractivity (Wildman–Crippen MR) is 120 cm³/mol. The van der Waals surface area contributed by atoms with Crippen molar-refractivity contribution in [1.29, 1.82) is 0 Å². The Kier molecular flexibility index (Phi) is 8.50. The first-order chi connectivity index (χ1) is 15.6. The Morgan fingerprint density at radius 2 is 1.97 bits per heavy atom. The number of aromatic nitrogens is 2. The highest BCUT2D eigenvalue weighted by Crippen LogP contribution is 2.25.